The van der Waals surface area contributed by atoms with Gasteiger partial charge in [-0.3, -0.25) is 9.48 Å². The van der Waals surface area contributed by atoms with E-state index in [0.717, 1.165) is 23.4 Å². The summed E-state index contributed by atoms with van der Waals surface area (Å²) in [5.74, 6) is 2.62. The number of amides is 1. The van der Waals surface area contributed by atoms with Crippen LogP contribution in [-0.2, 0) is 11.3 Å². The first-order valence-electron chi connectivity index (χ1n) is 8.02. The molecule has 5 rings (SSSR count). The number of aromatic nitrogens is 2. The Balaban J connectivity index is 1.44. The predicted octanol–water partition coefficient (Wildman–Crippen LogP) is 2.93. The van der Waals surface area contributed by atoms with Gasteiger partial charge in [0, 0.05) is 11.7 Å². The highest BCUT2D eigenvalue weighted by Gasteiger charge is 2.51. The van der Waals surface area contributed by atoms with Gasteiger partial charge in [-0.2, -0.15) is 5.10 Å². The molecule has 21 heavy (non-hydrogen) atoms. The molecule has 0 aromatic carbocycles. The number of hydrogen-bond donors (Lipinski definition) is 1. The number of nitrogens with zero attached hydrogens (tertiary/aromatic N) is 2. The van der Waals surface area contributed by atoms with Gasteiger partial charge < -0.3 is 5.32 Å². The summed E-state index contributed by atoms with van der Waals surface area (Å²) in [6.07, 6.45) is 9.46. The van der Waals surface area contributed by atoms with Gasteiger partial charge in [0.05, 0.1) is 10.7 Å². The highest BCUT2D eigenvalue weighted by molar-refractivity contribution is 6.31. The molecule has 0 saturated heterocycles. The predicted molar refractivity (Wildman–Crippen MR) is 81.0 cm³/mol. The molecule has 4 aliphatic carbocycles. The van der Waals surface area contributed by atoms with E-state index in [0.29, 0.717) is 5.02 Å². The molecular weight excluding hydrogens is 286 g/mol. The Morgan fingerprint density at radius 3 is 2.38 bits per heavy atom. The standard InChI is InChI=1S/C16H22ClN3O/c1-10-14(17)8-20(19-10)9-15(21)18-16-5-11-2-12(6-16)4-13(3-11)7-16/h8,11-13H,2-7,9H2,1H3,(H,18,21). The van der Waals surface area contributed by atoms with Crippen molar-refractivity contribution in [3.8, 4) is 0 Å². The Labute approximate surface area is 130 Å². The topological polar surface area (TPSA) is 46.9 Å². The molecule has 4 nitrogen and oxygen atoms in total. The minimum absolute atomic E-state index is 0.0797. The molecule has 1 aromatic rings. The van der Waals surface area contributed by atoms with Gasteiger partial charge in [-0.25, -0.2) is 0 Å². The largest absolute Gasteiger partial charge is 0.349 e. The monoisotopic (exact) mass is 307 g/mol. The van der Waals surface area contributed by atoms with E-state index in [4.69, 9.17) is 11.6 Å². The van der Waals surface area contributed by atoms with Crippen molar-refractivity contribution < 1.29 is 4.79 Å². The van der Waals surface area contributed by atoms with E-state index in [2.05, 4.69) is 10.4 Å². The molecule has 114 valence electrons. The van der Waals surface area contributed by atoms with Crippen LogP contribution >= 0.6 is 11.6 Å². The maximum absolute atomic E-state index is 12.4. The highest BCUT2D eigenvalue weighted by Crippen LogP contribution is 2.55. The molecule has 0 atom stereocenters. The number of nitrogens with one attached hydrogen (secondary N) is 1. The summed E-state index contributed by atoms with van der Waals surface area (Å²) in [4.78, 5) is 12.4. The van der Waals surface area contributed by atoms with Gasteiger partial charge in [0.25, 0.3) is 0 Å². The molecule has 1 heterocycles. The molecule has 4 fully saturated rings. The Morgan fingerprint density at radius 2 is 1.90 bits per heavy atom. The van der Waals surface area contributed by atoms with Crippen molar-refractivity contribution in [1.29, 1.82) is 0 Å². The van der Waals surface area contributed by atoms with Crippen LogP contribution in [0, 0.1) is 24.7 Å². The van der Waals surface area contributed by atoms with Gasteiger partial charge >= 0.3 is 0 Å². The van der Waals surface area contributed by atoms with E-state index < -0.39 is 0 Å². The lowest BCUT2D eigenvalue weighted by molar-refractivity contribution is -0.127. The normalized spacial score (nSPS) is 37.0. The van der Waals surface area contributed by atoms with Gasteiger partial charge in [-0.05, 0) is 63.2 Å². The van der Waals surface area contributed by atoms with Gasteiger partial charge in [0.1, 0.15) is 6.54 Å². The minimum Gasteiger partial charge on any atom is -0.349 e. The lowest BCUT2D eigenvalue weighted by Crippen LogP contribution is -2.60. The van der Waals surface area contributed by atoms with Crippen molar-refractivity contribution in [3.05, 3.63) is 16.9 Å². The Hall–Kier alpha value is -1.03. The average molecular weight is 308 g/mol. The van der Waals surface area contributed by atoms with Crippen LogP contribution in [0.2, 0.25) is 5.02 Å². The van der Waals surface area contributed by atoms with Gasteiger partial charge in [-0.1, -0.05) is 11.6 Å². The van der Waals surface area contributed by atoms with Gasteiger partial charge in [0.15, 0.2) is 0 Å². The first kappa shape index (κ1) is 13.6. The zero-order chi connectivity index (χ0) is 14.6. The molecule has 4 saturated carbocycles. The SMILES string of the molecule is Cc1nn(CC(=O)NC23CC4CC(CC(C4)C2)C3)cc1Cl. The fraction of sp³-hybridized carbons (Fsp3) is 0.750. The third kappa shape index (κ3) is 2.48. The molecule has 5 heteroatoms. The van der Waals surface area contributed by atoms with Crippen LogP contribution in [0.15, 0.2) is 6.20 Å². The van der Waals surface area contributed by atoms with Crippen molar-refractivity contribution in [2.24, 2.45) is 17.8 Å². The van der Waals surface area contributed by atoms with E-state index in [-0.39, 0.29) is 18.0 Å². The van der Waals surface area contributed by atoms with E-state index in [1.165, 1.54) is 38.5 Å². The smallest absolute Gasteiger partial charge is 0.242 e. The number of hydrogen-bond acceptors (Lipinski definition) is 2. The van der Waals surface area contributed by atoms with Crippen LogP contribution in [0.25, 0.3) is 0 Å². The fourth-order valence-electron chi connectivity index (χ4n) is 5.32. The third-order valence-electron chi connectivity index (χ3n) is 5.63. The molecule has 0 aliphatic heterocycles. The zero-order valence-corrected chi connectivity index (χ0v) is 13.2. The van der Waals surface area contributed by atoms with Crippen LogP contribution in [-0.4, -0.2) is 21.2 Å². The number of rotatable bonds is 3. The molecule has 0 spiro atoms. The van der Waals surface area contributed by atoms with E-state index in [9.17, 15) is 4.79 Å². The van der Waals surface area contributed by atoms with Crippen molar-refractivity contribution in [2.75, 3.05) is 0 Å². The van der Waals surface area contributed by atoms with Crippen LogP contribution in [0.1, 0.15) is 44.2 Å². The van der Waals surface area contributed by atoms with Crippen LogP contribution in [0.4, 0.5) is 0 Å². The third-order valence-corrected chi connectivity index (χ3v) is 6.01. The van der Waals surface area contributed by atoms with Crippen molar-refractivity contribution >= 4 is 17.5 Å². The number of aryl methyl sites for hydroxylation is 1. The number of halogens is 1. The maximum atomic E-state index is 12.4. The first-order valence-corrected chi connectivity index (χ1v) is 8.40. The lowest BCUT2D eigenvalue weighted by atomic mass is 9.53. The number of carbonyl (C=O) groups is 1. The minimum atomic E-state index is 0.0797. The lowest BCUT2D eigenvalue weighted by Gasteiger charge is -2.56. The number of carbonyl (C=O) groups excluding carboxylic acids is 1. The second-order valence-electron chi connectivity index (χ2n) is 7.51. The maximum Gasteiger partial charge on any atom is 0.242 e. The first-order chi connectivity index (χ1) is 10.0. The summed E-state index contributed by atoms with van der Waals surface area (Å²) in [5.41, 5.74) is 0.858. The average Bonchev–Trinajstić information content (AvgIpc) is 2.64. The van der Waals surface area contributed by atoms with Crippen molar-refractivity contribution in [3.63, 3.8) is 0 Å². The van der Waals surface area contributed by atoms with E-state index >= 15 is 0 Å². The molecule has 1 aromatic heterocycles. The second-order valence-corrected chi connectivity index (χ2v) is 7.91. The molecule has 1 amide bonds. The molecule has 1 N–H and O–H groups in total. The fourth-order valence-corrected chi connectivity index (χ4v) is 5.47. The molecular formula is C16H22ClN3O. The highest BCUT2D eigenvalue weighted by atomic mass is 35.5. The Morgan fingerprint density at radius 1 is 1.33 bits per heavy atom. The summed E-state index contributed by atoms with van der Waals surface area (Å²) < 4.78 is 1.65. The van der Waals surface area contributed by atoms with Crippen LogP contribution < -0.4 is 5.32 Å². The van der Waals surface area contributed by atoms with E-state index in [1.54, 1.807) is 10.9 Å². The summed E-state index contributed by atoms with van der Waals surface area (Å²) >= 11 is 6.00. The van der Waals surface area contributed by atoms with Gasteiger partial charge in [-0.15, -0.1) is 0 Å². The summed E-state index contributed by atoms with van der Waals surface area (Å²) in [5, 5.41) is 8.25. The van der Waals surface area contributed by atoms with Crippen molar-refractivity contribution in [2.45, 2.75) is 57.5 Å². The summed E-state index contributed by atoms with van der Waals surface area (Å²) in [6.45, 7) is 2.13. The molecule has 4 bridgehead atoms. The molecule has 0 unspecified atom stereocenters. The zero-order valence-electron chi connectivity index (χ0n) is 12.4. The Bertz CT molecular complexity index is 525. The summed E-state index contributed by atoms with van der Waals surface area (Å²) in [7, 11) is 0. The van der Waals surface area contributed by atoms with Gasteiger partial charge in [0.2, 0.25) is 5.91 Å². The van der Waals surface area contributed by atoms with E-state index in [1.807, 2.05) is 6.92 Å². The Kier molecular flexibility index (Phi) is 3.07. The quantitative estimate of drug-likeness (QED) is 0.933. The van der Waals surface area contributed by atoms with Crippen molar-refractivity contribution in [1.82, 2.24) is 15.1 Å². The van der Waals surface area contributed by atoms with Crippen LogP contribution in [0.5, 0.6) is 0 Å². The van der Waals surface area contributed by atoms with Crippen LogP contribution in [0.3, 0.4) is 0 Å². The second kappa shape index (κ2) is 4.73. The molecule has 4 aliphatic rings. The molecule has 0 radical (unpaired) electrons. The summed E-state index contributed by atoms with van der Waals surface area (Å²) in [6, 6.07) is 0.